The lowest BCUT2D eigenvalue weighted by molar-refractivity contribution is 0.406. The van der Waals surface area contributed by atoms with Crippen molar-refractivity contribution in [3.63, 3.8) is 0 Å². The molecule has 51 heavy (non-hydrogen) atoms. The fourth-order valence-corrected chi connectivity index (χ4v) is 8.27. The summed E-state index contributed by atoms with van der Waals surface area (Å²) in [5, 5.41) is 0. The smallest absolute Gasteiger partial charge is 0.134 e. The van der Waals surface area contributed by atoms with Crippen LogP contribution in [-0.2, 0) is 16.2 Å². The molecule has 2 fully saturated rings. The third kappa shape index (κ3) is 8.27. The Balaban J connectivity index is 1.55. The molecule has 4 aromatic rings. The molecule has 2 aliphatic rings. The summed E-state index contributed by atoms with van der Waals surface area (Å²) < 4.78 is 13.8. The molecule has 0 unspecified atom stereocenters. The molecular weight excluding hydrogens is 625 g/mol. The summed E-state index contributed by atoms with van der Waals surface area (Å²) in [7, 11) is 0. The molecule has 0 heterocycles. The van der Waals surface area contributed by atoms with Gasteiger partial charge in [0.25, 0.3) is 0 Å². The van der Waals surface area contributed by atoms with Crippen LogP contribution in [0.2, 0.25) is 0 Å². The summed E-state index contributed by atoms with van der Waals surface area (Å²) in [6.07, 6.45) is 12.5. The largest absolute Gasteiger partial charge is 0.457 e. The van der Waals surface area contributed by atoms with Crippen molar-refractivity contribution in [2.45, 2.75) is 148 Å². The second-order valence-electron chi connectivity index (χ2n) is 18.0. The van der Waals surface area contributed by atoms with Crippen LogP contribution < -0.4 is 20.9 Å². The summed E-state index contributed by atoms with van der Waals surface area (Å²) in [6.45, 7) is 18.8. The van der Waals surface area contributed by atoms with Crippen molar-refractivity contribution in [2.24, 2.45) is 0 Å². The average molecular weight is 687 g/mol. The van der Waals surface area contributed by atoms with Crippen molar-refractivity contribution in [1.29, 1.82) is 0 Å². The molecule has 0 saturated heterocycles. The summed E-state index contributed by atoms with van der Waals surface area (Å²) in [5.74, 6) is 4.68. The minimum atomic E-state index is -0.272. The predicted molar refractivity (Wildman–Crippen MR) is 216 cm³/mol. The first-order valence-corrected chi connectivity index (χ1v) is 19.6. The average Bonchev–Trinajstić information content (AvgIpc) is 3.10. The quantitative estimate of drug-likeness (QED) is 0.181. The molecule has 2 saturated carbocycles. The summed E-state index contributed by atoms with van der Waals surface area (Å²) >= 11 is 0. The number of ether oxygens (including phenoxy) is 2. The zero-order valence-corrected chi connectivity index (χ0v) is 32.6. The highest BCUT2D eigenvalue weighted by Gasteiger charge is 2.35. The van der Waals surface area contributed by atoms with Crippen molar-refractivity contribution < 1.29 is 9.47 Å². The van der Waals surface area contributed by atoms with Gasteiger partial charge in [0.1, 0.15) is 23.0 Å². The molecule has 0 radical (unpaired) electrons. The first-order chi connectivity index (χ1) is 24.1. The SMILES string of the molecule is CC(C)(C)c1cc(C(C)(C)c2cc(C3CCCCC3)c(Oc3ccc(N)cc3)c(C(C)(C)C)c2)cc(C2CCCCC2)c1Oc1ccc(N)cc1. The maximum Gasteiger partial charge on any atom is 0.134 e. The van der Waals surface area contributed by atoms with Crippen molar-refractivity contribution in [1.82, 2.24) is 0 Å². The van der Waals surface area contributed by atoms with Crippen LogP contribution in [0.4, 0.5) is 11.4 Å². The number of hydrogen-bond acceptors (Lipinski definition) is 4. The van der Waals surface area contributed by atoms with Crippen LogP contribution in [0.15, 0.2) is 72.8 Å². The van der Waals surface area contributed by atoms with E-state index in [1.165, 1.54) is 97.6 Å². The van der Waals surface area contributed by atoms with E-state index in [4.69, 9.17) is 20.9 Å². The Labute approximate surface area is 308 Å². The van der Waals surface area contributed by atoms with Gasteiger partial charge in [-0.2, -0.15) is 0 Å². The summed E-state index contributed by atoms with van der Waals surface area (Å²) in [5.41, 5.74) is 21.0. The number of nitrogen functional groups attached to an aromatic ring is 2. The molecule has 0 amide bonds. The number of anilines is 2. The maximum absolute atomic E-state index is 6.91. The molecule has 272 valence electrons. The predicted octanol–water partition coefficient (Wildman–Crippen LogP) is 13.5. The monoisotopic (exact) mass is 686 g/mol. The fourth-order valence-electron chi connectivity index (χ4n) is 8.27. The van der Waals surface area contributed by atoms with Gasteiger partial charge < -0.3 is 20.9 Å². The van der Waals surface area contributed by atoms with Crippen molar-refractivity contribution in [2.75, 3.05) is 11.5 Å². The molecule has 0 aromatic heterocycles. The van der Waals surface area contributed by atoms with Gasteiger partial charge in [-0.15, -0.1) is 0 Å². The first kappa shape index (κ1) is 36.9. The van der Waals surface area contributed by atoms with E-state index in [-0.39, 0.29) is 16.2 Å². The first-order valence-electron chi connectivity index (χ1n) is 19.6. The van der Waals surface area contributed by atoms with E-state index in [0.29, 0.717) is 11.8 Å². The van der Waals surface area contributed by atoms with E-state index >= 15 is 0 Å². The van der Waals surface area contributed by atoms with Gasteiger partial charge in [-0.25, -0.2) is 0 Å². The van der Waals surface area contributed by atoms with Gasteiger partial charge in [0.2, 0.25) is 0 Å². The Morgan fingerprint density at radius 2 is 0.804 bits per heavy atom. The second-order valence-corrected chi connectivity index (χ2v) is 18.0. The Hall–Kier alpha value is -3.92. The lowest BCUT2D eigenvalue weighted by atomic mass is 9.70. The molecule has 4 heteroatoms. The molecule has 4 N–H and O–H groups in total. The fraction of sp³-hybridized carbons (Fsp3) is 0.489. The minimum Gasteiger partial charge on any atom is -0.457 e. The van der Waals surface area contributed by atoms with E-state index in [0.717, 1.165) is 34.4 Å². The topological polar surface area (TPSA) is 70.5 Å². The van der Waals surface area contributed by atoms with Gasteiger partial charge in [-0.3, -0.25) is 0 Å². The Morgan fingerprint density at radius 1 is 0.471 bits per heavy atom. The normalized spacial score (nSPS) is 16.6. The van der Waals surface area contributed by atoms with Gasteiger partial charge in [0.05, 0.1) is 0 Å². The van der Waals surface area contributed by atoms with Crippen LogP contribution in [0, 0.1) is 0 Å². The molecule has 4 aromatic carbocycles. The molecule has 0 aliphatic heterocycles. The zero-order chi connectivity index (χ0) is 36.6. The molecule has 2 aliphatic carbocycles. The van der Waals surface area contributed by atoms with E-state index < -0.39 is 0 Å². The Bertz CT molecular complexity index is 1660. The number of benzene rings is 4. The highest BCUT2D eigenvalue weighted by atomic mass is 16.5. The van der Waals surface area contributed by atoms with Crippen LogP contribution in [0.1, 0.15) is 165 Å². The van der Waals surface area contributed by atoms with Crippen molar-refractivity contribution >= 4 is 11.4 Å². The second kappa shape index (κ2) is 14.6. The summed E-state index contributed by atoms with van der Waals surface area (Å²) in [4.78, 5) is 0. The van der Waals surface area contributed by atoms with E-state index in [1.54, 1.807) is 0 Å². The van der Waals surface area contributed by atoms with Crippen LogP contribution in [0.25, 0.3) is 0 Å². The molecule has 0 bridgehead atoms. The Kier molecular flexibility index (Phi) is 10.6. The third-order valence-electron chi connectivity index (χ3n) is 11.6. The third-order valence-corrected chi connectivity index (χ3v) is 11.6. The zero-order valence-electron chi connectivity index (χ0n) is 32.6. The van der Waals surface area contributed by atoms with Gasteiger partial charge in [0, 0.05) is 27.9 Å². The highest BCUT2D eigenvalue weighted by molar-refractivity contribution is 5.59. The lowest BCUT2D eigenvalue weighted by Crippen LogP contribution is -2.25. The van der Waals surface area contributed by atoms with E-state index in [1.807, 2.05) is 48.5 Å². The molecular formula is C47H62N2O2. The number of nitrogens with two attached hydrogens (primary N) is 2. The van der Waals surface area contributed by atoms with E-state index in [9.17, 15) is 0 Å². The highest BCUT2D eigenvalue weighted by Crippen LogP contribution is 2.50. The van der Waals surface area contributed by atoms with Crippen LogP contribution >= 0.6 is 0 Å². The summed E-state index contributed by atoms with van der Waals surface area (Å²) in [6, 6.07) is 25.6. The van der Waals surface area contributed by atoms with Crippen molar-refractivity contribution in [3.05, 3.63) is 106 Å². The molecule has 0 spiro atoms. The van der Waals surface area contributed by atoms with Gasteiger partial charge in [0.15, 0.2) is 0 Å². The van der Waals surface area contributed by atoms with Gasteiger partial charge in [-0.05, 0) is 119 Å². The molecule has 4 nitrogen and oxygen atoms in total. The van der Waals surface area contributed by atoms with Crippen LogP contribution in [0.5, 0.6) is 23.0 Å². The van der Waals surface area contributed by atoms with E-state index in [2.05, 4.69) is 79.7 Å². The van der Waals surface area contributed by atoms with Gasteiger partial charge >= 0.3 is 0 Å². The van der Waals surface area contributed by atoms with Crippen LogP contribution in [-0.4, -0.2) is 0 Å². The lowest BCUT2D eigenvalue weighted by Gasteiger charge is -2.36. The van der Waals surface area contributed by atoms with Crippen molar-refractivity contribution in [3.8, 4) is 23.0 Å². The van der Waals surface area contributed by atoms with Crippen LogP contribution in [0.3, 0.4) is 0 Å². The molecule has 0 atom stereocenters. The molecule has 6 rings (SSSR count). The maximum atomic E-state index is 6.91. The minimum absolute atomic E-state index is 0.126. The number of rotatable bonds is 8. The van der Waals surface area contributed by atoms with Gasteiger partial charge in [-0.1, -0.05) is 118 Å². The number of hydrogen-bond donors (Lipinski definition) is 2. The standard InChI is InChI=1S/C47H62N2O2/c1-45(2,3)41-29-33(27-39(31-15-11-9-12-16-31)43(41)50-37-23-19-35(48)20-24-37)47(7,8)34-28-40(32-17-13-10-14-18-32)44(42(30-34)46(4,5)6)51-38-25-21-36(49)22-26-38/h19-32H,9-18,48-49H2,1-8H3. The Morgan fingerprint density at radius 3 is 1.12 bits per heavy atom.